The number of allylic oxidation sites excluding steroid dienone is 2. The Hall–Kier alpha value is -0.0638. The van der Waals surface area contributed by atoms with E-state index in [4.69, 9.17) is 0 Å². The molecule has 0 aliphatic heterocycles. The van der Waals surface area contributed by atoms with Crippen molar-refractivity contribution in [3.63, 3.8) is 0 Å². The van der Waals surface area contributed by atoms with Crippen molar-refractivity contribution < 1.29 is 15.0 Å². The number of carbonyl (C=O) groups excluding carboxylic acids is 1. The van der Waals surface area contributed by atoms with Crippen molar-refractivity contribution in [1.29, 1.82) is 0 Å². The van der Waals surface area contributed by atoms with Gasteiger partial charge in [0.05, 0.1) is 0 Å². The number of carbonyl (C=O) groups is 1. The van der Waals surface area contributed by atoms with E-state index in [0.29, 0.717) is 23.7 Å². The van der Waals surface area contributed by atoms with Gasteiger partial charge in [-0.15, -0.1) is 6.10 Å². The third kappa shape index (κ3) is 3.12. The quantitative estimate of drug-likeness (QED) is 0.404. The second-order valence-electron chi connectivity index (χ2n) is 14.4. The number of hydrogen-bond donors (Lipinski definition) is 0. The van der Waals surface area contributed by atoms with Crippen LogP contribution in [-0.4, -0.2) is 35.1 Å². The van der Waals surface area contributed by atoms with E-state index in [-0.39, 0.29) is 50.6 Å². The molecule has 0 spiro atoms. The van der Waals surface area contributed by atoms with Crippen LogP contribution in [0.2, 0.25) is 0 Å². The monoisotopic (exact) mass is 478 g/mol. The Balaban J connectivity index is 0.00000274. The molecule has 0 unspecified atom stereocenters. The molecule has 0 N–H and O–H groups in total. The Morgan fingerprint density at radius 2 is 1.59 bits per heavy atom. The molecule has 0 radical (unpaired) electrons. The summed E-state index contributed by atoms with van der Waals surface area (Å²) in [6.45, 7) is 16.6. The van der Waals surface area contributed by atoms with Crippen molar-refractivity contribution in [1.82, 2.24) is 0 Å². The van der Waals surface area contributed by atoms with E-state index in [2.05, 4.69) is 54.5 Å². The minimum absolute atomic E-state index is 0. The number of hydrogen-bond acceptors (Lipinski definition) is 3. The van der Waals surface area contributed by atoms with Gasteiger partial charge < -0.3 is 15.0 Å². The van der Waals surface area contributed by atoms with E-state index in [1.807, 2.05) is 0 Å². The van der Waals surface area contributed by atoms with Gasteiger partial charge in [-0.1, -0.05) is 66.5 Å². The molecule has 4 saturated carbocycles. The van der Waals surface area contributed by atoms with Gasteiger partial charge >= 0.3 is 23.1 Å². The van der Waals surface area contributed by atoms with Gasteiger partial charge in [0, 0.05) is 11.4 Å². The first kappa shape index (κ1) is 27.0. The van der Waals surface area contributed by atoms with Crippen LogP contribution in [0.4, 0.5) is 0 Å². The van der Waals surface area contributed by atoms with Gasteiger partial charge in [-0.2, -0.15) is 0 Å². The third-order valence-electron chi connectivity index (χ3n) is 13.3. The average molecular weight is 479 g/mol. The molecule has 0 saturated heterocycles. The Labute approximate surface area is 224 Å². The molecule has 10 atom stereocenters. The molecule has 34 heavy (non-hydrogen) atoms. The van der Waals surface area contributed by atoms with Gasteiger partial charge in [-0.3, -0.25) is 0 Å². The maximum Gasteiger partial charge on any atom is 2.00 e. The van der Waals surface area contributed by atoms with E-state index in [1.165, 1.54) is 5.57 Å². The molecule has 5 aliphatic carbocycles. The summed E-state index contributed by atoms with van der Waals surface area (Å²) in [5.41, 5.74) is 1.03. The van der Waals surface area contributed by atoms with Crippen LogP contribution in [0.5, 0.6) is 0 Å². The van der Waals surface area contributed by atoms with Crippen LogP contribution >= 0.6 is 0 Å². The van der Waals surface area contributed by atoms with E-state index in [1.54, 1.807) is 0 Å². The van der Waals surface area contributed by atoms with Crippen molar-refractivity contribution in [3.05, 3.63) is 11.6 Å². The molecule has 3 nitrogen and oxygen atoms in total. The van der Waals surface area contributed by atoms with Crippen LogP contribution in [0.25, 0.3) is 0 Å². The molecule has 186 valence electrons. The van der Waals surface area contributed by atoms with Crippen LogP contribution in [0.1, 0.15) is 106 Å². The molecular weight excluding hydrogens is 433 g/mol. The number of rotatable bonds is 1. The molecule has 4 fully saturated rings. The van der Waals surface area contributed by atoms with Crippen LogP contribution in [0.15, 0.2) is 11.6 Å². The van der Waals surface area contributed by atoms with Gasteiger partial charge in [-0.05, 0) is 103 Å². The third-order valence-corrected chi connectivity index (χ3v) is 13.3. The van der Waals surface area contributed by atoms with E-state index >= 15 is 0 Å². The van der Waals surface area contributed by atoms with Crippen molar-refractivity contribution in [2.24, 2.45) is 56.7 Å². The molecule has 0 aromatic carbocycles. The molecular formula is C30H46MgO3. The predicted octanol–water partition coefficient (Wildman–Crippen LogP) is 4.74. The Morgan fingerprint density at radius 1 is 0.912 bits per heavy atom. The summed E-state index contributed by atoms with van der Waals surface area (Å²) in [5.74, 6) is 1.30. The minimum atomic E-state index is -0.798. The van der Waals surface area contributed by atoms with Crippen LogP contribution in [0.3, 0.4) is 0 Å². The van der Waals surface area contributed by atoms with Gasteiger partial charge in [0.15, 0.2) is 0 Å². The summed E-state index contributed by atoms with van der Waals surface area (Å²) in [6, 6.07) is 0. The van der Waals surface area contributed by atoms with Gasteiger partial charge in [0.1, 0.15) is 0 Å². The van der Waals surface area contributed by atoms with E-state index in [9.17, 15) is 15.0 Å². The van der Waals surface area contributed by atoms with Crippen molar-refractivity contribution in [2.75, 3.05) is 0 Å². The molecule has 0 heterocycles. The fourth-order valence-electron chi connectivity index (χ4n) is 10.8. The first-order chi connectivity index (χ1) is 15.3. The van der Waals surface area contributed by atoms with Crippen LogP contribution < -0.4 is 10.2 Å². The summed E-state index contributed by atoms with van der Waals surface area (Å²) >= 11 is 0. The number of carboxylic acid groups (broad SMARTS) is 1. The first-order valence-electron chi connectivity index (χ1n) is 13.8. The Kier molecular flexibility index (Phi) is 6.52. The summed E-state index contributed by atoms with van der Waals surface area (Å²) in [6.07, 6.45) is 10.8. The Bertz CT molecular complexity index is 880. The first-order valence-corrected chi connectivity index (χ1v) is 13.8. The second kappa shape index (κ2) is 8.22. The smallest absolute Gasteiger partial charge is 0.852 e. The number of carboxylic acids is 1. The average Bonchev–Trinajstić information content (AvgIpc) is 2.74. The molecule has 0 aromatic heterocycles. The summed E-state index contributed by atoms with van der Waals surface area (Å²) < 4.78 is 0. The van der Waals surface area contributed by atoms with Crippen molar-refractivity contribution >= 4 is 29.0 Å². The van der Waals surface area contributed by atoms with Gasteiger partial charge in [0.25, 0.3) is 0 Å². The normalized spacial score (nSPS) is 53.7. The Morgan fingerprint density at radius 3 is 2.24 bits per heavy atom. The molecule has 5 rings (SSSR count). The number of fused-ring (bicyclic) bond motifs is 7. The van der Waals surface area contributed by atoms with Crippen molar-refractivity contribution in [2.45, 2.75) is 112 Å². The minimum Gasteiger partial charge on any atom is -0.852 e. The van der Waals surface area contributed by atoms with E-state index in [0.717, 1.165) is 57.8 Å². The summed E-state index contributed by atoms with van der Waals surface area (Å²) in [5, 5.41) is 25.7. The SMILES string of the molecule is C[C@H]1[C@H](C)CC[C@]2(C(=O)[O-])CC[C@]3(C)C(=CC[C@@H]4[C@@]5(C)CC[C@H]([O-])C(C)(C)[C@@H]5CC[C@]43C)[C@H]12.[Mg+2]. The molecule has 0 bridgehead atoms. The van der Waals surface area contributed by atoms with Gasteiger partial charge in [0.2, 0.25) is 0 Å². The molecule has 5 aliphatic rings. The largest absolute Gasteiger partial charge is 2.00 e. The topological polar surface area (TPSA) is 63.2 Å². The number of aliphatic carboxylic acids is 1. The summed E-state index contributed by atoms with van der Waals surface area (Å²) in [7, 11) is 0. The fraction of sp³-hybridized carbons (Fsp3) is 0.900. The predicted molar refractivity (Wildman–Crippen MR) is 134 cm³/mol. The molecule has 4 heteroatoms. The van der Waals surface area contributed by atoms with Crippen LogP contribution in [-0.2, 0) is 4.79 Å². The summed E-state index contributed by atoms with van der Waals surface area (Å²) in [4.78, 5) is 12.7. The molecule has 0 amide bonds. The van der Waals surface area contributed by atoms with Crippen LogP contribution in [0, 0.1) is 56.7 Å². The zero-order valence-electron chi connectivity index (χ0n) is 22.8. The fourth-order valence-corrected chi connectivity index (χ4v) is 10.8. The maximum absolute atomic E-state index is 13.0. The van der Waals surface area contributed by atoms with Crippen molar-refractivity contribution in [3.8, 4) is 0 Å². The zero-order chi connectivity index (χ0) is 24.2. The standard InChI is InChI=1S/C30H47O3.Mg/c1-18-10-15-30(25(32)33)17-16-28(6)20(24(30)19(18)2)8-9-22-27(5)13-12-23(31)26(3,4)21(27)11-14-29(22,28)7;/h8,18-19,21-24H,9-17H2,1-7H3,(H,32,33);/q-1;+2/p-1/t18-,19+,21+,22-,23+,24+,27+,28-,29-,30+;/m1./s1. The second-order valence-corrected chi connectivity index (χ2v) is 14.4. The zero-order valence-corrected chi connectivity index (χ0v) is 24.3. The van der Waals surface area contributed by atoms with Gasteiger partial charge in [-0.25, -0.2) is 0 Å². The van der Waals surface area contributed by atoms with E-state index < -0.39 is 17.5 Å². The maximum atomic E-state index is 13.0. The molecule has 0 aromatic rings.